The minimum Gasteiger partial charge on any atom is -0.478 e. The van der Waals surface area contributed by atoms with Crippen LogP contribution in [0, 0.1) is 0 Å². The Morgan fingerprint density at radius 3 is 1.60 bits per heavy atom. The van der Waals surface area contributed by atoms with Crippen molar-refractivity contribution in [1.82, 2.24) is 9.80 Å². The van der Waals surface area contributed by atoms with E-state index in [-0.39, 0.29) is 0 Å². The van der Waals surface area contributed by atoms with Crippen LogP contribution in [0.15, 0.2) is 12.1 Å². The lowest BCUT2D eigenvalue weighted by Gasteiger charge is -2.33. The van der Waals surface area contributed by atoms with Crippen LogP contribution in [-0.4, -0.2) is 35.3 Å². The predicted molar refractivity (Wildman–Crippen MR) is 74.6 cm³/mol. The van der Waals surface area contributed by atoms with E-state index in [1.165, 1.54) is 36.8 Å². The zero-order valence-electron chi connectivity index (χ0n) is 11.7. The van der Waals surface area contributed by atoms with Crippen LogP contribution >= 0.6 is 0 Å². The van der Waals surface area contributed by atoms with Crippen molar-refractivity contribution in [2.24, 2.45) is 0 Å². The number of ether oxygens (including phenoxy) is 2. The lowest BCUT2D eigenvalue weighted by Crippen LogP contribution is -2.36. The van der Waals surface area contributed by atoms with Crippen molar-refractivity contribution in [3.8, 4) is 11.5 Å². The lowest BCUT2D eigenvalue weighted by atomic mass is 10.1. The van der Waals surface area contributed by atoms with E-state index in [0.717, 1.165) is 50.1 Å². The number of benzene rings is 1. The summed E-state index contributed by atoms with van der Waals surface area (Å²) in [7, 11) is 0. The van der Waals surface area contributed by atoms with Crippen molar-refractivity contribution >= 4 is 0 Å². The van der Waals surface area contributed by atoms with Crippen molar-refractivity contribution in [3.63, 3.8) is 0 Å². The van der Waals surface area contributed by atoms with E-state index in [2.05, 4.69) is 21.9 Å². The fourth-order valence-corrected chi connectivity index (χ4v) is 3.34. The second kappa shape index (κ2) is 4.12. The Kier molecular flexibility index (Phi) is 2.35. The van der Waals surface area contributed by atoms with E-state index in [0.29, 0.717) is 0 Å². The average Bonchev–Trinajstić information content (AvgIpc) is 3.37. The SMILES string of the molecule is c1c2c(cc3c1OCN(C1CC1)C3)OCN(C1CC1)C2. The largest absolute Gasteiger partial charge is 0.478 e. The Balaban J connectivity index is 1.43. The maximum Gasteiger partial charge on any atom is 0.142 e. The summed E-state index contributed by atoms with van der Waals surface area (Å²) in [5, 5.41) is 0. The quantitative estimate of drug-likeness (QED) is 0.825. The first-order valence-corrected chi connectivity index (χ1v) is 7.76. The average molecular weight is 272 g/mol. The zero-order chi connectivity index (χ0) is 13.1. The Labute approximate surface area is 119 Å². The van der Waals surface area contributed by atoms with Gasteiger partial charge in [0.15, 0.2) is 0 Å². The summed E-state index contributed by atoms with van der Waals surface area (Å²) in [4.78, 5) is 4.88. The van der Waals surface area contributed by atoms with Crippen LogP contribution in [0.1, 0.15) is 36.8 Å². The number of fused-ring (bicyclic) bond motifs is 2. The molecule has 0 N–H and O–H groups in total. The molecule has 106 valence electrons. The van der Waals surface area contributed by atoms with E-state index in [1.807, 2.05) is 0 Å². The zero-order valence-corrected chi connectivity index (χ0v) is 11.7. The van der Waals surface area contributed by atoms with Crippen LogP contribution in [0.4, 0.5) is 0 Å². The van der Waals surface area contributed by atoms with Gasteiger partial charge in [0.2, 0.25) is 0 Å². The monoisotopic (exact) mass is 272 g/mol. The van der Waals surface area contributed by atoms with Gasteiger partial charge in [-0.15, -0.1) is 0 Å². The molecule has 2 aliphatic carbocycles. The van der Waals surface area contributed by atoms with Crippen LogP contribution in [0.5, 0.6) is 11.5 Å². The van der Waals surface area contributed by atoms with E-state index in [1.54, 1.807) is 0 Å². The molecule has 0 unspecified atom stereocenters. The van der Waals surface area contributed by atoms with Gasteiger partial charge >= 0.3 is 0 Å². The maximum absolute atomic E-state index is 5.97. The number of hydrogen-bond acceptors (Lipinski definition) is 4. The molecular weight excluding hydrogens is 252 g/mol. The Hall–Kier alpha value is -1.26. The fourth-order valence-electron chi connectivity index (χ4n) is 3.34. The molecule has 1 aromatic carbocycles. The summed E-state index contributed by atoms with van der Waals surface area (Å²) in [5.41, 5.74) is 2.59. The lowest BCUT2D eigenvalue weighted by molar-refractivity contribution is 0.0780. The fraction of sp³-hybridized carbons (Fsp3) is 0.625. The molecule has 4 aliphatic rings. The Bertz CT molecular complexity index is 502. The summed E-state index contributed by atoms with van der Waals surface area (Å²) in [6, 6.07) is 5.93. The van der Waals surface area contributed by atoms with Crippen molar-refractivity contribution < 1.29 is 9.47 Å². The molecule has 20 heavy (non-hydrogen) atoms. The third-order valence-electron chi connectivity index (χ3n) is 4.89. The van der Waals surface area contributed by atoms with Gasteiger partial charge in [-0.25, -0.2) is 0 Å². The standard InChI is InChI=1S/C16H20N2O2/c1-2-13(1)17-7-11-5-16-12(6-15(11)19-9-17)8-18(10-20-16)14-3-4-14/h5-6,13-14H,1-4,7-10H2. The molecule has 2 aliphatic heterocycles. The molecule has 0 radical (unpaired) electrons. The van der Waals surface area contributed by atoms with Gasteiger partial charge in [-0.3, -0.25) is 9.80 Å². The van der Waals surface area contributed by atoms with Crippen molar-refractivity contribution in [2.45, 2.75) is 50.9 Å². The molecule has 2 saturated carbocycles. The van der Waals surface area contributed by atoms with Crippen LogP contribution < -0.4 is 9.47 Å². The van der Waals surface area contributed by atoms with Crippen LogP contribution in [-0.2, 0) is 13.1 Å². The van der Waals surface area contributed by atoms with Gasteiger partial charge in [-0.2, -0.15) is 0 Å². The normalized spacial score (nSPS) is 26.4. The highest BCUT2D eigenvalue weighted by atomic mass is 16.5. The summed E-state index contributed by atoms with van der Waals surface area (Å²) in [6.45, 7) is 3.54. The van der Waals surface area contributed by atoms with Gasteiger partial charge in [0.1, 0.15) is 25.0 Å². The molecule has 0 aromatic heterocycles. The van der Waals surface area contributed by atoms with Crippen LogP contribution in [0.3, 0.4) is 0 Å². The third kappa shape index (κ3) is 1.90. The summed E-state index contributed by atoms with van der Waals surface area (Å²) < 4.78 is 11.9. The van der Waals surface area contributed by atoms with Gasteiger partial charge in [0.25, 0.3) is 0 Å². The second-order valence-corrected chi connectivity index (χ2v) is 6.57. The number of rotatable bonds is 2. The highest BCUT2D eigenvalue weighted by molar-refractivity contribution is 5.48. The van der Waals surface area contributed by atoms with Crippen LogP contribution in [0.2, 0.25) is 0 Å². The highest BCUT2D eigenvalue weighted by Gasteiger charge is 2.35. The first kappa shape index (κ1) is 11.4. The minimum absolute atomic E-state index is 0.754. The summed E-state index contributed by atoms with van der Waals surface area (Å²) in [5.74, 6) is 2.14. The minimum atomic E-state index is 0.754. The van der Waals surface area contributed by atoms with E-state index in [4.69, 9.17) is 9.47 Å². The Morgan fingerprint density at radius 1 is 0.750 bits per heavy atom. The van der Waals surface area contributed by atoms with Crippen molar-refractivity contribution in [2.75, 3.05) is 13.5 Å². The second-order valence-electron chi connectivity index (χ2n) is 6.57. The first-order chi connectivity index (χ1) is 9.87. The van der Waals surface area contributed by atoms with Crippen molar-refractivity contribution in [3.05, 3.63) is 23.3 Å². The smallest absolute Gasteiger partial charge is 0.142 e. The molecule has 4 nitrogen and oxygen atoms in total. The van der Waals surface area contributed by atoms with Crippen LogP contribution in [0.25, 0.3) is 0 Å². The molecule has 1 aromatic rings. The van der Waals surface area contributed by atoms with Gasteiger partial charge in [0.05, 0.1) is 0 Å². The number of hydrogen-bond donors (Lipinski definition) is 0. The van der Waals surface area contributed by atoms with Gasteiger partial charge in [-0.1, -0.05) is 0 Å². The highest BCUT2D eigenvalue weighted by Crippen LogP contribution is 2.39. The first-order valence-electron chi connectivity index (χ1n) is 7.76. The molecule has 0 amide bonds. The number of nitrogens with zero attached hydrogens (tertiary/aromatic N) is 2. The Morgan fingerprint density at radius 2 is 1.20 bits per heavy atom. The van der Waals surface area contributed by atoms with E-state index in [9.17, 15) is 0 Å². The predicted octanol–water partition coefficient (Wildman–Crippen LogP) is 2.32. The molecule has 0 spiro atoms. The topological polar surface area (TPSA) is 24.9 Å². The third-order valence-corrected chi connectivity index (χ3v) is 4.89. The van der Waals surface area contributed by atoms with Gasteiger partial charge < -0.3 is 9.47 Å². The summed E-state index contributed by atoms with van der Waals surface area (Å²) >= 11 is 0. The van der Waals surface area contributed by atoms with Gasteiger partial charge in [0, 0.05) is 36.3 Å². The molecule has 0 atom stereocenters. The maximum atomic E-state index is 5.97. The molecule has 4 heteroatoms. The molecular formula is C16H20N2O2. The van der Waals surface area contributed by atoms with E-state index < -0.39 is 0 Å². The summed E-state index contributed by atoms with van der Waals surface area (Å²) in [6.07, 6.45) is 5.32. The molecule has 2 fully saturated rings. The molecule has 0 saturated heterocycles. The molecule has 5 rings (SSSR count). The van der Waals surface area contributed by atoms with Crippen molar-refractivity contribution in [1.29, 1.82) is 0 Å². The van der Waals surface area contributed by atoms with E-state index >= 15 is 0 Å². The molecule has 0 bridgehead atoms. The molecule has 2 heterocycles. The van der Waals surface area contributed by atoms with Gasteiger partial charge in [-0.05, 0) is 37.8 Å².